The molecule has 0 radical (unpaired) electrons. The molecule has 11 rings (SSSR count). The van der Waals surface area contributed by atoms with Gasteiger partial charge in [-0.2, -0.15) is 0 Å². The number of rotatable bonds is 27. The average Bonchev–Trinajstić information content (AvgIpc) is 1.50. The minimum absolute atomic E-state index is 0.0527. The number of carbonyl (C=O) groups is 7. The van der Waals surface area contributed by atoms with Gasteiger partial charge in [0.15, 0.2) is 52.5 Å². The number of esters is 4. The Hall–Kier alpha value is -11.1. The van der Waals surface area contributed by atoms with Crippen LogP contribution in [0.25, 0.3) is 10.4 Å². The fourth-order valence-electron chi connectivity index (χ4n) is 12.1. The standard InChI is InChI=1S/C70H69N7O22S/c1-39(78)90-38-64-65(93-40(2)79)66(94-41(3)80)67(95-42(4)81)70(97-64)96-58-18-17-47(57(82)16-11-20-89-21-19-74-75-71)27-63(58)99-100(85,86)98-52-23-43(36-91-61-30-55-53(28-59(61)87-5)68(83)76-34-48-14-9-7-12-45(48)25-50(76)32-72-55)22-44(24-52)37-92-62-31-56-54(29-60(62)88-6)69(84)77-35-49-15-10-8-13-46(49)26-51(77)33-73-56/h7-10,12-15,17-18,22-24,27-33,50-51,64-67,70H,11,16,19-21,25-26,34-38H2,1-6H3/t50-,51-,64+,65-,66-,67+,70?/m0/s1. The van der Waals surface area contributed by atoms with E-state index >= 15 is 0 Å². The first-order chi connectivity index (χ1) is 48.1. The summed E-state index contributed by atoms with van der Waals surface area (Å²) in [5.41, 5.74) is 14.5. The van der Waals surface area contributed by atoms with E-state index in [1.165, 1.54) is 32.4 Å². The van der Waals surface area contributed by atoms with E-state index in [4.69, 9.17) is 76.0 Å². The van der Waals surface area contributed by atoms with Gasteiger partial charge in [0, 0.05) is 95.4 Å². The normalized spacial score (nSPS) is 19.4. The molecule has 0 aromatic heterocycles. The molecule has 522 valence electrons. The van der Waals surface area contributed by atoms with Gasteiger partial charge >= 0.3 is 34.3 Å². The Morgan fingerprint density at radius 3 is 1.68 bits per heavy atom. The number of aliphatic imine (C=N–C) groups is 2. The first-order valence-electron chi connectivity index (χ1n) is 31.7. The summed E-state index contributed by atoms with van der Waals surface area (Å²) in [6.07, 6.45) is -3.90. The number of hydrogen-bond donors (Lipinski definition) is 0. The van der Waals surface area contributed by atoms with E-state index in [1.807, 2.05) is 48.5 Å². The monoisotopic (exact) mass is 1390 g/mol. The number of hydrogen-bond acceptors (Lipinski definition) is 25. The van der Waals surface area contributed by atoms with E-state index in [-0.39, 0.29) is 126 Å². The van der Waals surface area contributed by atoms with Gasteiger partial charge < -0.3 is 70.3 Å². The van der Waals surface area contributed by atoms with E-state index in [2.05, 4.69) is 10.0 Å². The van der Waals surface area contributed by atoms with Crippen molar-refractivity contribution in [2.75, 3.05) is 40.6 Å². The van der Waals surface area contributed by atoms with Crippen molar-refractivity contribution in [1.82, 2.24) is 9.80 Å². The molecule has 5 heterocycles. The summed E-state index contributed by atoms with van der Waals surface area (Å²) < 4.78 is 105. The number of nitrogens with zero attached hydrogens (tertiary/aromatic N) is 7. The molecule has 1 fully saturated rings. The maximum Gasteiger partial charge on any atom is 0.501 e. The smallest absolute Gasteiger partial charge is 0.493 e. The largest absolute Gasteiger partial charge is 0.501 e. The highest BCUT2D eigenvalue weighted by Gasteiger charge is 2.54. The zero-order valence-corrected chi connectivity index (χ0v) is 55.9. The number of ether oxygens (including phenoxy) is 11. The molecule has 7 atom stereocenters. The van der Waals surface area contributed by atoms with Gasteiger partial charge in [-0.25, -0.2) is 0 Å². The van der Waals surface area contributed by atoms with Gasteiger partial charge in [0.1, 0.15) is 31.7 Å². The number of carbonyl (C=O) groups excluding carboxylic acids is 7. The molecule has 6 aromatic rings. The van der Waals surface area contributed by atoms with Gasteiger partial charge in [-0.05, 0) is 107 Å². The SMILES string of the molecule is COc1cc2c(cc1OCc1cc(COc3cc4c(cc3OC)C(=O)N3Cc5ccccc5C[C@H]3C=N4)cc(OS(=O)(=O)Oc3cc(C(=O)CCCOCCN=[N+]=[N-])ccc3OC3O[C@H](COC(C)=O)[C@H](OC(C)=O)[C@H](OC(C)=O)[C@H]3OC(C)=O)c1)N=C[C@@H]1Cc3ccccc3CN1C2=O. The lowest BCUT2D eigenvalue weighted by atomic mass is 9.94. The Kier molecular flexibility index (Phi) is 21.9. The van der Waals surface area contributed by atoms with Crippen LogP contribution in [0.1, 0.15) is 105 Å². The molecular formula is C70H69N7O22S. The topological polar surface area (TPSA) is 354 Å². The summed E-state index contributed by atoms with van der Waals surface area (Å²) in [6, 6.07) is 29.1. The summed E-state index contributed by atoms with van der Waals surface area (Å²) in [5, 5.41) is 3.42. The number of Topliss-reactive ketones (excluding diaryl/α,β-unsaturated/α-hetero) is 1. The van der Waals surface area contributed by atoms with Crippen LogP contribution >= 0.6 is 0 Å². The lowest BCUT2D eigenvalue weighted by Gasteiger charge is -2.43. The number of amides is 2. The van der Waals surface area contributed by atoms with Gasteiger partial charge in [-0.15, -0.1) is 8.42 Å². The molecule has 30 heteroatoms. The molecule has 5 aliphatic heterocycles. The van der Waals surface area contributed by atoms with Crippen LogP contribution in [0, 0.1) is 0 Å². The fraction of sp³-hybridized carbons (Fsp3) is 0.357. The highest BCUT2D eigenvalue weighted by Crippen LogP contribution is 2.43. The number of ketones is 1. The van der Waals surface area contributed by atoms with Crippen molar-refractivity contribution in [3.63, 3.8) is 0 Å². The third-order valence-corrected chi connectivity index (χ3v) is 17.4. The maximum atomic E-state index is 14.7. The van der Waals surface area contributed by atoms with E-state index in [0.29, 0.717) is 37.3 Å². The van der Waals surface area contributed by atoms with Gasteiger partial charge in [-0.3, -0.25) is 43.5 Å². The van der Waals surface area contributed by atoms with Crippen molar-refractivity contribution in [2.45, 2.75) is 122 Å². The molecule has 0 N–H and O–H groups in total. The molecule has 0 aliphatic carbocycles. The van der Waals surface area contributed by atoms with E-state index in [0.717, 1.165) is 62.1 Å². The van der Waals surface area contributed by atoms with Crippen LogP contribution in [0.3, 0.4) is 0 Å². The lowest BCUT2D eigenvalue weighted by molar-refractivity contribution is -0.288. The van der Waals surface area contributed by atoms with Gasteiger partial charge in [0.2, 0.25) is 12.4 Å². The maximum absolute atomic E-state index is 14.7. The summed E-state index contributed by atoms with van der Waals surface area (Å²) in [5.74, 6) is -5.57. The summed E-state index contributed by atoms with van der Waals surface area (Å²) in [4.78, 5) is 108. The van der Waals surface area contributed by atoms with Crippen LogP contribution in [0.2, 0.25) is 0 Å². The Morgan fingerprint density at radius 1 is 0.610 bits per heavy atom. The van der Waals surface area contributed by atoms with Crippen molar-refractivity contribution in [3.05, 3.63) is 170 Å². The van der Waals surface area contributed by atoms with Gasteiger partial charge in [0.05, 0.1) is 55.4 Å². The predicted octanol–water partition coefficient (Wildman–Crippen LogP) is 8.88. The van der Waals surface area contributed by atoms with Crippen molar-refractivity contribution >= 4 is 75.7 Å². The van der Waals surface area contributed by atoms with Crippen LogP contribution < -0.4 is 32.1 Å². The molecule has 2 amide bonds. The van der Waals surface area contributed by atoms with Crippen molar-refractivity contribution in [1.29, 1.82) is 0 Å². The zero-order chi connectivity index (χ0) is 70.8. The minimum Gasteiger partial charge on any atom is -0.493 e. The number of methoxy groups -OCH3 is 2. The second kappa shape index (κ2) is 31.2. The van der Waals surface area contributed by atoms with E-state index in [9.17, 15) is 42.0 Å². The highest BCUT2D eigenvalue weighted by atomic mass is 32.3. The molecule has 1 saturated heterocycles. The Balaban J connectivity index is 0.924. The molecule has 29 nitrogen and oxygen atoms in total. The Labute approximate surface area is 573 Å². The molecule has 0 spiro atoms. The molecule has 5 aliphatic rings. The Bertz CT molecular complexity index is 4240. The third-order valence-electron chi connectivity index (χ3n) is 16.6. The molecule has 1 unspecified atom stereocenters. The van der Waals surface area contributed by atoms with E-state index < -0.39 is 88.9 Å². The highest BCUT2D eigenvalue weighted by molar-refractivity contribution is 7.82. The fourth-order valence-corrected chi connectivity index (χ4v) is 12.9. The second-order valence-corrected chi connectivity index (χ2v) is 24.8. The molecule has 6 aromatic carbocycles. The molecule has 0 saturated carbocycles. The zero-order valence-electron chi connectivity index (χ0n) is 55.1. The predicted molar refractivity (Wildman–Crippen MR) is 353 cm³/mol. The quantitative estimate of drug-likeness (QED) is 0.00883. The minimum atomic E-state index is -5.40. The lowest BCUT2D eigenvalue weighted by Crippen LogP contribution is -2.63. The van der Waals surface area contributed by atoms with Gasteiger partial charge in [-0.1, -0.05) is 53.6 Å². The van der Waals surface area contributed by atoms with Crippen LogP contribution in [0.5, 0.6) is 40.2 Å². The Morgan fingerprint density at radius 2 is 1.15 bits per heavy atom. The summed E-state index contributed by atoms with van der Waals surface area (Å²) in [6.45, 7) is 3.86. The average molecular weight is 1390 g/mol. The van der Waals surface area contributed by atoms with Crippen LogP contribution in [0.4, 0.5) is 11.4 Å². The second-order valence-electron chi connectivity index (χ2n) is 23.6. The number of azide groups is 1. The van der Waals surface area contributed by atoms with Gasteiger partial charge in [0.25, 0.3) is 11.8 Å². The van der Waals surface area contributed by atoms with Crippen LogP contribution in [0.15, 0.2) is 124 Å². The third kappa shape index (κ3) is 16.7. The number of benzene rings is 6. The van der Waals surface area contributed by atoms with Crippen LogP contribution in [-0.2, 0) is 97.1 Å². The molecular weight excluding hydrogens is 1320 g/mol. The van der Waals surface area contributed by atoms with Crippen molar-refractivity contribution < 1.29 is 102 Å². The first kappa shape index (κ1) is 70.3. The van der Waals surface area contributed by atoms with Crippen molar-refractivity contribution in [3.8, 4) is 40.2 Å². The van der Waals surface area contributed by atoms with Crippen LogP contribution in [-0.4, -0.2) is 155 Å². The summed E-state index contributed by atoms with van der Waals surface area (Å²) >= 11 is 0. The van der Waals surface area contributed by atoms with E-state index in [1.54, 1.807) is 52.6 Å². The number of fused-ring (bicyclic) bond motifs is 6. The molecule has 0 bridgehead atoms. The first-order valence-corrected chi connectivity index (χ1v) is 33.0. The molecule has 100 heavy (non-hydrogen) atoms. The summed E-state index contributed by atoms with van der Waals surface area (Å²) in [7, 11) is -2.57. The van der Waals surface area contributed by atoms with Crippen molar-refractivity contribution in [2.24, 2.45) is 15.1 Å².